The lowest BCUT2D eigenvalue weighted by atomic mass is 10.2. The molecule has 0 aliphatic rings. The molecule has 0 N–H and O–H groups in total. The molecule has 3 rings (SSSR count). The van der Waals surface area contributed by atoms with Crippen molar-refractivity contribution < 1.29 is 9.53 Å². The van der Waals surface area contributed by atoms with E-state index in [1.165, 1.54) is 0 Å². The van der Waals surface area contributed by atoms with Gasteiger partial charge in [-0.25, -0.2) is 9.97 Å². The Bertz CT molecular complexity index is 908. The molecule has 3 aromatic rings. The summed E-state index contributed by atoms with van der Waals surface area (Å²) in [5, 5.41) is 1.12. The first-order chi connectivity index (χ1) is 13.4. The molecule has 0 amide bonds. The van der Waals surface area contributed by atoms with E-state index in [-0.39, 0.29) is 11.1 Å². The third-order valence-corrected chi connectivity index (χ3v) is 7.47. The highest BCUT2D eigenvalue weighted by atomic mass is 79.9. The molecule has 8 heteroatoms. The van der Waals surface area contributed by atoms with Crippen molar-refractivity contribution in [2.75, 3.05) is 23.6 Å². The molecule has 0 aliphatic carbocycles. The molecule has 2 heterocycles. The summed E-state index contributed by atoms with van der Waals surface area (Å²) in [5.74, 6) is 0.732. The lowest BCUT2D eigenvalue weighted by Gasteiger charge is -2.22. The van der Waals surface area contributed by atoms with E-state index in [1.54, 1.807) is 23.6 Å². The van der Waals surface area contributed by atoms with Gasteiger partial charge in [-0.05, 0) is 30.3 Å². The second-order valence-corrected chi connectivity index (χ2v) is 14.9. The summed E-state index contributed by atoms with van der Waals surface area (Å²) in [7, 11) is -1.15. The van der Waals surface area contributed by atoms with Crippen molar-refractivity contribution in [3.63, 3.8) is 0 Å². The normalized spacial score (nSPS) is 11.7. The maximum Gasteiger partial charge on any atom is 0.194 e. The molecule has 2 aromatic heterocycles. The van der Waals surface area contributed by atoms with Crippen LogP contribution in [-0.2, 0) is 4.74 Å². The minimum absolute atomic E-state index is 0.0111. The topological polar surface area (TPSA) is 55.3 Å². The fourth-order valence-electron chi connectivity index (χ4n) is 2.52. The van der Waals surface area contributed by atoms with Gasteiger partial charge in [0.2, 0.25) is 0 Å². The van der Waals surface area contributed by atoms with E-state index in [1.807, 2.05) is 29.2 Å². The minimum Gasteiger partial charge on any atom is -0.361 e. The number of alkyl halides is 1. The quantitative estimate of drug-likeness (QED) is 0.129. The van der Waals surface area contributed by atoms with Crippen molar-refractivity contribution in [2.45, 2.75) is 25.7 Å². The molecule has 28 heavy (non-hydrogen) atoms. The van der Waals surface area contributed by atoms with Crippen LogP contribution in [0.4, 0.5) is 10.9 Å². The van der Waals surface area contributed by atoms with Crippen molar-refractivity contribution in [1.82, 2.24) is 9.97 Å². The summed E-state index contributed by atoms with van der Waals surface area (Å²) < 4.78 is 7.11. The molecule has 148 valence electrons. The number of ether oxygens (including phenoxy) is 1. The molecule has 0 spiro atoms. The van der Waals surface area contributed by atoms with Gasteiger partial charge in [-0.3, -0.25) is 9.69 Å². The van der Waals surface area contributed by atoms with E-state index in [9.17, 15) is 4.79 Å². The summed E-state index contributed by atoms with van der Waals surface area (Å²) in [6.07, 6.45) is 1.61. The van der Waals surface area contributed by atoms with E-state index in [4.69, 9.17) is 9.72 Å². The lowest BCUT2D eigenvalue weighted by molar-refractivity contribution is 0.102. The zero-order valence-corrected chi connectivity index (χ0v) is 19.7. The summed E-state index contributed by atoms with van der Waals surface area (Å²) in [4.78, 5) is 23.1. The highest BCUT2D eigenvalue weighted by Gasteiger charge is 2.18. The number of carbonyl (C=O) groups is 1. The third-order valence-electron chi connectivity index (χ3n) is 4.20. The van der Waals surface area contributed by atoms with Crippen molar-refractivity contribution in [1.29, 1.82) is 0 Å². The monoisotopic (exact) mass is 477 g/mol. The average Bonchev–Trinajstić information content (AvgIpc) is 3.10. The van der Waals surface area contributed by atoms with E-state index in [0.717, 1.165) is 33.8 Å². The van der Waals surface area contributed by atoms with E-state index in [2.05, 4.69) is 46.6 Å². The molecular formula is C20H24BrN3O2SSi. The summed E-state index contributed by atoms with van der Waals surface area (Å²) in [6, 6.07) is 12.8. The molecule has 0 saturated heterocycles. The number of halogens is 1. The molecule has 0 saturated carbocycles. The second-order valence-electron chi connectivity index (χ2n) is 7.70. The fraction of sp³-hybridized carbons (Fsp3) is 0.350. The van der Waals surface area contributed by atoms with Gasteiger partial charge in [0.05, 0.1) is 15.5 Å². The van der Waals surface area contributed by atoms with Crippen LogP contribution < -0.4 is 4.90 Å². The van der Waals surface area contributed by atoms with Gasteiger partial charge in [-0.15, -0.1) is 0 Å². The van der Waals surface area contributed by atoms with E-state index >= 15 is 0 Å². The summed E-state index contributed by atoms with van der Waals surface area (Å²) >= 11 is 4.81. The number of hydrogen-bond donors (Lipinski definition) is 0. The number of hydrogen-bond acceptors (Lipinski definition) is 6. The maximum atomic E-state index is 11.9. The van der Waals surface area contributed by atoms with Gasteiger partial charge >= 0.3 is 0 Å². The maximum absolute atomic E-state index is 11.9. The molecule has 0 unspecified atom stereocenters. The van der Waals surface area contributed by atoms with Gasteiger partial charge in [0, 0.05) is 26.4 Å². The van der Waals surface area contributed by atoms with Gasteiger partial charge in [-0.1, -0.05) is 59.0 Å². The largest absolute Gasteiger partial charge is 0.361 e. The number of carbonyl (C=O) groups excluding carboxylic acids is 1. The predicted molar refractivity (Wildman–Crippen MR) is 123 cm³/mol. The van der Waals surface area contributed by atoms with Gasteiger partial charge in [-0.2, -0.15) is 0 Å². The van der Waals surface area contributed by atoms with Crippen molar-refractivity contribution in [3.8, 4) is 0 Å². The second kappa shape index (κ2) is 9.26. The molecule has 1 aromatic carbocycles. The zero-order chi connectivity index (χ0) is 20.1. The Balaban J connectivity index is 1.84. The van der Waals surface area contributed by atoms with Crippen LogP contribution >= 0.6 is 27.3 Å². The van der Waals surface area contributed by atoms with Crippen LogP contribution in [0, 0.1) is 0 Å². The Morgan fingerprint density at radius 2 is 2.00 bits per heavy atom. The Kier molecular flexibility index (Phi) is 6.98. The van der Waals surface area contributed by atoms with Crippen LogP contribution in [0.2, 0.25) is 25.7 Å². The molecular weight excluding hydrogens is 454 g/mol. The lowest BCUT2D eigenvalue weighted by Crippen LogP contribution is -2.26. The number of pyridine rings is 1. The minimum atomic E-state index is -1.15. The summed E-state index contributed by atoms with van der Waals surface area (Å²) in [5.41, 5.74) is 1.55. The Labute approximate surface area is 178 Å². The van der Waals surface area contributed by atoms with Gasteiger partial charge in [0.1, 0.15) is 12.5 Å². The van der Waals surface area contributed by atoms with Crippen molar-refractivity contribution in [2.24, 2.45) is 0 Å². The number of benzene rings is 1. The molecule has 0 bridgehead atoms. The van der Waals surface area contributed by atoms with Gasteiger partial charge < -0.3 is 4.74 Å². The van der Waals surface area contributed by atoms with Crippen molar-refractivity contribution >= 4 is 62.3 Å². The van der Waals surface area contributed by atoms with Gasteiger partial charge in [0.25, 0.3) is 0 Å². The number of anilines is 2. The SMILES string of the molecule is C[Si](C)(C)CCOCN(c1ccc(C(=O)CBr)cn1)c1nc2ccccc2s1. The number of fused-ring (bicyclic) bond motifs is 1. The zero-order valence-electron chi connectivity index (χ0n) is 16.3. The van der Waals surface area contributed by atoms with Crippen LogP contribution in [0.25, 0.3) is 10.2 Å². The average molecular weight is 478 g/mol. The number of nitrogens with zero attached hydrogens (tertiary/aromatic N) is 3. The molecule has 0 atom stereocenters. The van der Waals surface area contributed by atoms with Gasteiger partial charge in [0.15, 0.2) is 10.9 Å². The Hall–Kier alpha value is -1.61. The predicted octanol–water partition coefficient (Wildman–Crippen LogP) is 5.72. The number of para-hydroxylation sites is 1. The highest BCUT2D eigenvalue weighted by molar-refractivity contribution is 9.09. The van der Waals surface area contributed by atoms with Crippen LogP contribution in [0.3, 0.4) is 0 Å². The third kappa shape index (κ3) is 5.47. The summed E-state index contributed by atoms with van der Waals surface area (Å²) in [6.45, 7) is 8.11. The van der Waals surface area contributed by atoms with E-state index in [0.29, 0.717) is 12.3 Å². The standard InChI is InChI=1S/C20H24BrN3O2SSi/c1-28(2,3)11-10-26-14-24(19-9-8-15(13-22-19)17(25)12-21)20-23-16-6-4-5-7-18(16)27-20/h4-9,13H,10-12,14H2,1-3H3. The number of rotatable bonds is 9. The first-order valence-corrected chi connectivity index (χ1v) is 14.8. The smallest absolute Gasteiger partial charge is 0.194 e. The molecule has 0 radical (unpaired) electrons. The molecule has 0 fully saturated rings. The molecule has 0 aliphatic heterocycles. The van der Waals surface area contributed by atoms with Crippen molar-refractivity contribution in [3.05, 3.63) is 48.2 Å². The Morgan fingerprint density at radius 1 is 1.21 bits per heavy atom. The first-order valence-electron chi connectivity index (χ1n) is 9.13. The van der Waals surface area contributed by atoms with Crippen LogP contribution in [-0.4, -0.2) is 42.5 Å². The number of Topliss-reactive ketones (excluding diaryl/α,β-unsaturated/α-hetero) is 1. The fourth-order valence-corrected chi connectivity index (χ4v) is 4.56. The number of aromatic nitrogens is 2. The molecule has 5 nitrogen and oxygen atoms in total. The van der Waals surface area contributed by atoms with E-state index < -0.39 is 8.07 Å². The van der Waals surface area contributed by atoms with Crippen LogP contribution in [0.5, 0.6) is 0 Å². The van der Waals surface area contributed by atoms with Crippen LogP contribution in [0.1, 0.15) is 10.4 Å². The van der Waals surface area contributed by atoms with Crippen LogP contribution in [0.15, 0.2) is 42.6 Å². The first kappa shape index (κ1) is 21.1. The highest BCUT2D eigenvalue weighted by Crippen LogP contribution is 2.32. The number of ketones is 1. The Morgan fingerprint density at radius 3 is 2.64 bits per heavy atom. The number of thiazole rings is 1.